The molecule has 2 rings (SSSR count). The molecule has 0 saturated carbocycles. The maximum absolute atomic E-state index is 2.44. The minimum absolute atomic E-state index is 0.368. The average Bonchev–Trinajstić information content (AvgIpc) is 2.17. The summed E-state index contributed by atoms with van der Waals surface area (Å²) in [5.74, 6) is 0.722. The smallest absolute Gasteiger partial charge is 0.0155 e. The highest BCUT2D eigenvalue weighted by Gasteiger charge is 2.35. The Labute approximate surface area is 81.0 Å². The van der Waals surface area contributed by atoms with Gasteiger partial charge in [0.1, 0.15) is 0 Å². The fourth-order valence-corrected chi connectivity index (χ4v) is 2.56. The summed E-state index contributed by atoms with van der Waals surface area (Å²) < 4.78 is 0. The van der Waals surface area contributed by atoms with Gasteiger partial charge < -0.3 is 0 Å². The van der Waals surface area contributed by atoms with E-state index in [9.17, 15) is 0 Å². The second-order valence-electron chi connectivity index (χ2n) is 4.43. The molecule has 0 aromatic carbocycles. The second kappa shape index (κ2) is 3.17. The zero-order valence-corrected chi connectivity index (χ0v) is 8.59. The van der Waals surface area contributed by atoms with E-state index >= 15 is 0 Å². The Balaban J connectivity index is 2.41. The predicted octanol–water partition coefficient (Wildman–Crippen LogP) is 3.87. The maximum Gasteiger partial charge on any atom is 0.0155 e. The molecule has 0 aromatic heterocycles. The molecule has 1 atom stereocenters. The predicted molar refractivity (Wildman–Crippen MR) is 57.5 cm³/mol. The van der Waals surface area contributed by atoms with Gasteiger partial charge in [0, 0.05) is 5.41 Å². The first-order chi connectivity index (χ1) is 6.26. The number of rotatable bonds is 1. The zero-order chi connectivity index (χ0) is 9.31. The third-order valence-corrected chi connectivity index (χ3v) is 3.48. The molecule has 13 heavy (non-hydrogen) atoms. The van der Waals surface area contributed by atoms with E-state index in [0.717, 1.165) is 12.3 Å². The van der Waals surface area contributed by atoms with Crippen LogP contribution in [0.1, 0.15) is 33.1 Å². The van der Waals surface area contributed by atoms with Gasteiger partial charge in [-0.25, -0.2) is 0 Å². The van der Waals surface area contributed by atoms with Crippen LogP contribution >= 0.6 is 0 Å². The molecule has 0 heterocycles. The van der Waals surface area contributed by atoms with Crippen LogP contribution in [-0.2, 0) is 0 Å². The van der Waals surface area contributed by atoms with Gasteiger partial charge in [-0.1, -0.05) is 44.2 Å². The van der Waals surface area contributed by atoms with Gasteiger partial charge in [-0.3, -0.25) is 0 Å². The summed E-state index contributed by atoms with van der Waals surface area (Å²) in [6.07, 6.45) is 15.4. The van der Waals surface area contributed by atoms with Crippen molar-refractivity contribution in [2.24, 2.45) is 11.3 Å². The summed E-state index contributed by atoms with van der Waals surface area (Å²) in [5.41, 5.74) is 1.92. The van der Waals surface area contributed by atoms with Crippen LogP contribution in [0.15, 0.2) is 36.0 Å². The SMILES string of the molecule is CC(C)C12C=CCC=C1C=CCC2. The summed E-state index contributed by atoms with van der Waals surface area (Å²) in [7, 11) is 0. The third kappa shape index (κ3) is 1.29. The second-order valence-corrected chi connectivity index (χ2v) is 4.43. The molecular weight excluding hydrogens is 156 g/mol. The molecule has 2 aliphatic carbocycles. The van der Waals surface area contributed by atoms with Gasteiger partial charge in [0.2, 0.25) is 0 Å². The maximum atomic E-state index is 2.44. The Morgan fingerprint density at radius 1 is 1.31 bits per heavy atom. The lowest BCUT2D eigenvalue weighted by atomic mass is 9.64. The number of hydrogen-bond donors (Lipinski definition) is 0. The Bertz CT molecular complexity index is 278. The topological polar surface area (TPSA) is 0 Å². The molecule has 0 bridgehead atoms. The van der Waals surface area contributed by atoms with Gasteiger partial charge >= 0.3 is 0 Å². The van der Waals surface area contributed by atoms with Crippen LogP contribution in [0, 0.1) is 11.3 Å². The Hall–Kier alpha value is -0.780. The van der Waals surface area contributed by atoms with E-state index in [1.807, 2.05) is 0 Å². The van der Waals surface area contributed by atoms with Crippen molar-refractivity contribution in [3.05, 3.63) is 36.0 Å². The van der Waals surface area contributed by atoms with Crippen LogP contribution in [0.4, 0.5) is 0 Å². The van der Waals surface area contributed by atoms with Crippen molar-refractivity contribution in [2.75, 3.05) is 0 Å². The molecule has 0 amide bonds. The quantitative estimate of drug-likeness (QED) is 0.529. The highest BCUT2D eigenvalue weighted by Crippen LogP contribution is 2.46. The lowest BCUT2D eigenvalue weighted by Crippen LogP contribution is -2.29. The van der Waals surface area contributed by atoms with Gasteiger partial charge in [0.05, 0.1) is 0 Å². The van der Waals surface area contributed by atoms with E-state index in [1.54, 1.807) is 5.57 Å². The molecule has 2 aliphatic rings. The lowest BCUT2D eigenvalue weighted by Gasteiger charge is -2.40. The van der Waals surface area contributed by atoms with Gasteiger partial charge in [-0.2, -0.15) is 0 Å². The van der Waals surface area contributed by atoms with Crippen molar-refractivity contribution in [1.82, 2.24) is 0 Å². The molecule has 0 spiro atoms. The molecule has 0 aliphatic heterocycles. The van der Waals surface area contributed by atoms with Gasteiger partial charge in [-0.15, -0.1) is 0 Å². The van der Waals surface area contributed by atoms with Crippen molar-refractivity contribution in [3.63, 3.8) is 0 Å². The molecule has 0 nitrogen and oxygen atoms in total. The Morgan fingerprint density at radius 2 is 2.15 bits per heavy atom. The number of hydrogen-bond acceptors (Lipinski definition) is 0. The average molecular weight is 174 g/mol. The molecule has 70 valence electrons. The van der Waals surface area contributed by atoms with Crippen LogP contribution in [0.3, 0.4) is 0 Å². The van der Waals surface area contributed by atoms with Crippen molar-refractivity contribution >= 4 is 0 Å². The standard InChI is InChI=1S/C13H18/c1-11(2)13-9-5-3-7-12(13)8-4-6-10-13/h3,6-8,10-11H,4-5,9H2,1-2H3. The van der Waals surface area contributed by atoms with Crippen LogP contribution in [0.5, 0.6) is 0 Å². The molecular formula is C13H18. The highest BCUT2D eigenvalue weighted by molar-refractivity contribution is 5.38. The third-order valence-electron chi connectivity index (χ3n) is 3.48. The van der Waals surface area contributed by atoms with Gasteiger partial charge in [0.25, 0.3) is 0 Å². The van der Waals surface area contributed by atoms with E-state index in [1.165, 1.54) is 12.8 Å². The summed E-state index contributed by atoms with van der Waals surface area (Å²) in [4.78, 5) is 0. The first-order valence-electron chi connectivity index (χ1n) is 5.30. The molecule has 0 saturated heterocycles. The summed E-state index contributed by atoms with van der Waals surface area (Å²) >= 11 is 0. The minimum Gasteiger partial charge on any atom is -0.0842 e. The van der Waals surface area contributed by atoms with Crippen molar-refractivity contribution in [3.8, 4) is 0 Å². The Kier molecular flexibility index (Phi) is 2.15. The first kappa shape index (κ1) is 8.80. The van der Waals surface area contributed by atoms with Crippen molar-refractivity contribution < 1.29 is 0 Å². The van der Waals surface area contributed by atoms with Gasteiger partial charge in [0.15, 0.2) is 0 Å². The Morgan fingerprint density at radius 3 is 2.85 bits per heavy atom. The minimum atomic E-state index is 0.368. The van der Waals surface area contributed by atoms with Crippen LogP contribution in [-0.4, -0.2) is 0 Å². The number of fused-ring (bicyclic) bond motifs is 1. The molecule has 0 aromatic rings. The van der Waals surface area contributed by atoms with E-state index in [0.29, 0.717) is 5.41 Å². The van der Waals surface area contributed by atoms with Crippen molar-refractivity contribution in [1.29, 1.82) is 0 Å². The van der Waals surface area contributed by atoms with E-state index in [-0.39, 0.29) is 0 Å². The molecule has 0 N–H and O–H groups in total. The summed E-state index contributed by atoms with van der Waals surface area (Å²) in [6.45, 7) is 4.67. The molecule has 1 unspecified atom stereocenters. The van der Waals surface area contributed by atoms with Crippen molar-refractivity contribution in [2.45, 2.75) is 33.1 Å². The van der Waals surface area contributed by atoms with Crippen LogP contribution in [0.25, 0.3) is 0 Å². The largest absolute Gasteiger partial charge is 0.0842 e. The molecule has 0 heteroatoms. The first-order valence-corrected chi connectivity index (χ1v) is 5.30. The van der Waals surface area contributed by atoms with E-state index in [4.69, 9.17) is 0 Å². The van der Waals surface area contributed by atoms with Crippen LogP contribution in [0.2, 0.25) is 0 Å². The molecule has 0 fully saturated rings. The van der Waals surface area contributed by atoms with E-state index in [2.05, 4.69) is 44.2 Å². The monoisotopic (exact) mass is 174 g/mol. The molecule has 0 radical (unpaired) electrons. The van der Waals surface area contributed by atoms with Gasteiger partial charge in [-0.05, 0) is 30.8 Å². The highest BCUT2D eigenvalue weighted by atomic mass is 14.4. The summed E-state index contributed by atoms with van der Waals surface area (Å²) in [5, 5.41) is 0. The van der Waals surface area contributed by atoms with E-state index < -0.39 is 0 Å². The fraction of sp³-hybridized carbons (Fsp3) is 0.538. The van der Waals surface area contributed by atoms with Crippen LogP contribution < -0.4 is 0 Å². The number of allylic oxidation sites excluding steroid dienone is 6. The fourth-order valence-electron chi connectivity index (χ4n) is 2.56. The zero-order valence-electron chi connectivity index (χ0n) is 8.59. The normalized spacial score (nSPS) is 31.8. The lowest BCUT2D eigenvalue weighted by molar-refractivity contribution is 0.298. The summed E-state index contributed by atoms with van der Waals surface area (Å²) in [6, 6.07) is 0.